The fraction of sp³-hybridized carbons (Fsp3) is 0.467. The van der Waals surface area contributed by atoms with Crippen LogP contribution in [0.2, 0.25) is 0 Å². The summed E-state index contributed by atoms with van der Waals surface area (Å²) in [6.45, 7) is 3.87. The van der Waals surface area contributed by atoms with E-state index in [1.165, 1.54) is 12.1 Å². The number of anilines is 1. The molecule has 140 valence electrons. The van der Waals surface area contributed by atoms with Crippen molar-refractivity contribution in [2.45, 2.75) is 25.8 Å². The lowest BCUT2D eigenvalue weighted by atomic mass is 9.88. The Bertz CT molecular complexity index is 902. The highest BCUT2D eigenvalue weighted by atomic mass is 32.2. The lowest BCUT2D eigenvalue weighted by Gasteiger charge is -2.43. The molecule has 0 aromatic heterocycles. The second-order valence-corrected chi connectivity index (χ2v) is 9.57. The highest BCUT2D eigenvalue weighted by Crippen LogP contribution is 2.41. The van der Waals surface area contributed by atoms with Gasteiger partial charge in [0.25, 0.3) is 20.2 Å². The smallest absolute Gasteiger partial charge is 0.269 e. The second-order valence-electron chi connectivity index (χ2n) is 6.54. The SMILES string of the molecule is CC1(C)C=C(CS(=O)(=O)O)c2ccc(O)cc2N1CCCS(=O)(=O)O. The minimum absolute atomic E-state index is 0.0255. The van der Waals surface area contributed by atoms with Gasteiger partial charge in [0, 0.05) is 23.9 Å². The van der Waals surface area contributed by atoms with Gasteiger partial charge in [-0.15, -0.1) is 0 Å². The molecule has 3 N–H and O–H groups in total. The van der Waals surface area contributed by atoms with E-state index in [0.717, 1.165) is 0 Å². The molecule has 1 aromatic rings. The molecule has 0 unspecified atom stereocenters. The van der Waals surface area contributed by atoms with Gasteiger partial charge in [-0.25, -0.2) is 0 Å². The Morgan fingerprint density at radius 3 is 2.28 bits per heavy atom. The summed E-state index contributed by atoms with van der Waals surface area (Å²) in [7, 11) is -8.33. The third-order valence-electron chi connectivity index (χ3n) is 3.96. The van der Waals surface area contributed by atoms with Crippen molar-refractivity contribution in [2.24, 2.45) is 0 Å². The van der Waals surface area contributed by atoms with E-state index >= 15 is 0 Å². The topological polar surface area (TPSA) is 132 Å². The highest BCUT2D eigenvalue weighted by molar-refractivity contribution is 7.86. The van der Waals surface area contributed by atoms with Crippen LogP contribution < -0.4 is 4.90 Å². The Kier molecular flexibility index (Phi) is 5.20. The van der Waals surface area contributed by atoms with Gasteiger partial charge in [0.1, 0.15) is 11.5 Å². The largest absolute Gasteiger partial charge is 0.508 e. The van der Waals surface area contributed by atoms with E-state index in [4.69, 9.17) is 4.55 Å². The molecule has 1 aromatic carbocycles. The van der Waals surface area contributed by atoms with Crippen LogP contribution in [-0.2, 0) is 20.2 Å². The Hall–Kier alpha value is -1.62. The van der Waals surface area contributed by atoms with Gasteiger partial charge in [0.15, 0.2) is 0 Å². The number of phenols is 1. The zero-order valence-corrected chi connectivity index (χ0v) is 15.5. The van der Waals surface area contributed by atoms with E-state index in [1.54, 1.807) is 26.0 Å². The molecule has 0 radical (unpaired) electrons. The van der Waals surface area contributed by atoms with Crippen LogP contribution in [0.15, 0.2) is 24.3 Å². The summed E-state index contributed by atoms with van der Waals surface area (Å²) in [5.74, 6) is -0.995. The van der Waals surface area contributed by atoms with Crippen LogP contribution >= 0.6 is 0 Å². The molecule has 0 spiro atoms. The van der Waals surface area contributed by atoms with Crippen molar-refractivity contribution in [1.29, 1.82) is 0 Å². The van der Waals surface area contributed by atoms with Crippen LogP contribution in [0.5, 0.6) is 5.75 Å². The lowest BCUT2D eigenvalue weighted by Crippen LogP contribution is -2.46. The second kappa shape index (κ2) is 6.60. The van der Waals surface area contributed by atoms with Crippen molar-refractivity contribution >= 4 is 31.5 Å². The minimum Gasteiger partial charge on any atom is -0.508 e. The van der Waals surface area contributed by atoms with Crippen molar-refractivity contribution in [3.05, 3.63) is 29.8 Å². The van der Waals surface area contributed by atoms with Crippen LogP contribution in [-0.4, -0.2) is 54.6 Å². The van der Waals surface area contributed by atoms with Crippen LogP contribution in [0.3, 0.4) is 0 Å². The average Bonchev–Trinajstić information content (AvgIpc) is 2.38. The monoisotopic (exact) mass is 391 g/mol. The summed E-state index contributed by atoms with van der Waals surface area (Å²) in [5, 5.41) is 9.80. The number of nitrogens with zero attached hydrogens (tertiary/aromatic N) is 1. The van der Waals surface area contributed by atoms with E-state index in [0.29, 0.717) is 16.8 Å². The molecule has 8 nitrogen and oxygen atoms in total. The van der Waals surface area contributed by atoms with Crippen LogP contribution in [0.25, 0.3) is 5.57 Å². The molecule has 2 rings (SSSR count). The van der Waals surface area contributed by atoms with E-state index in [-0.39, 0.29) is 18.7 Å². The first-order chi connectivity index (χ1) is 11.3. The van der Waals surface area contributed by atoms with Crippen molar-refractivity contribution < 1.29 is 31.0 Å². The molecule has 1 aliphatic rings. The first-order valence-electron chi connectivity index (χ1n) is 7.52. The molecule has 10 heteroatoms. The number of hydrogen-bond acceptors (Lipinski definition) is 6. The predicted molar refractivity (Wildman–Crippen MR) is 95.0 cm³/mol. The van der Waals surface area contributed by atoms with Gasteiger partial charge in [0.05, 0.1) is 11.3 Å². The normalized spacial score (nSPS) is 17.1. The number of rotatable bonds is 6. The molecule has 0 saturated carbocycles. The summed E-state index contributed by atoms with van der Waals surface area (Å²) < 4.78 is 62.6. The predicted octanol–water partition coefficient (Wildman–Crippen LogP) is 1.54. The summed E-state index contributed by atoms with van der Waals surface area (Å²) in [6, 6.07) is 4.42. The molecule has 0 atom stereocenters. The van der Waals surface area contributed by atoms with E-state index in [9.17, 15) is 26.5 Å². The number of benzene rings is 1. The molecule has 0 saturated heterocycles. The fourth-order valence-electron chi connectivity index (χ4n) is 3.04. The zero-order chi connectivity index (χ0) is 19.0. The maximum atomic E-state index is 11.3. The Morgan fingerprint density at radius 1 is 1.08 bits per heavy atom. The molecule has 25 heavy (non-hydrogen) atoms. The van der Waals surface area contributed by atoms with E-state index in [2.05, 4.69) is 0 Å². The molecule has 0 amide bonds. The zero-order valence-electron chi connectivity index (χ0n) is 13.9. The number of fused-ring (bicyclic) bond motifs is 1. The third-order valence-corrected chi connectivity index (χ3v) is 5.44. The van der Waals surface area contributed by atoms with E-state index < -0.39 is 37.3 Å². The van der Waals surface area contributed by atoms with Crippen molar-refractivity contribution in [2.75, 3.05) is 23.0 Å². The van der Waals surface area contributed by atoms with Gasteiger partial charge in [-0.2, -0.15) is 16.8 Å². The summed E-state index contributed by atoms with van der Waals surface area (Å²) in [5.41, 5.74) is 0.761. The van der Waals surface area contributed by atoms with Gasteiger partial charge in [-0.3, -0.25) is 9.11 Å². The third kappa shape index (κ3) is 5.18. The number of aromatic hydroxyl groups is 1. The van der Waals surface area contributed by atoms with Crippen LogP contribution in [0, 0.1) is 0 Å². The maximum Gasteiger partial charge on any atom is 0.269 e. The van der Waals surface area contributed by atoms with Crippen LogP contribution in [0.1, 0.15) is 25.8 Å². The molecule has 0 aliphatic carbocycles. The molecule has 1 aliphatic heterocycles. The number of hydrogen-bond donors (Lipinski definition) is 3. The van der Waals surface area contributed by atoms with Gasteiger partial charge >= 0.3 is 0 Å². The average molecular weight is 391 g/mol. The molecule has 0 bridgehead atoms. The first kappa shape index (κ1) is 19.7. The van der Waals surface area contributed by atoms with Gasteiger partial charge in [-0.05, 0) is 38.0 Å². The molecule has 0 fully saturated rings. The molecule has 1 heterocycles. The standard InChI is InChI=1S/C15H21NO7S2/c1-15(2)9-11(10-25(21,22)23)13-5-4-12(17)8-14(13)16(15)6-3-7-24(18,19)20/h4-5,8-9,17H,3,6-7,10H2,1-2H3,(H,18,19,20)(H,21,22,23). The molecular formula is C15H21NO7S2. The van der Waals surface area contributed by atoms with E-state index in [1.807, 2.05) is 4.90 Å². The Morgan fingerprint density at radius 2 is 1.72 bits per heavy atom. The Balaban J connectivity index is 2.44. The van der Waals surface area contributed by atoms with Crippen molar-refractivity contribution in [3.8, 4) is 5.75 Å². The summed E-state index contributed by atoms with van der Waals surface area (Å²) >= 11 is 0. The van der Waals surface area contributed by atoms with Gasteiger partial charge < -0.3 is 10.0 Å². The summed E-state index contributed by atoms with van der Waals surface area (Å²) in [6.07, 6.45) is 1.84. The number of phenolic OH excluding ortho intramolecular Hbond substituents is 1. The quantitative estimate of drug-likeness (QED) is 0.622. The minimum atomic E-state index is -4.24. The van der Waals surface area contributed by atoms with Gasteiger partial charge in [0.2, 0.25) is 0 Å². The van der Waals surface area contributed by atoms with Crippen molar-refractivity contribution in [3.63, 3.8) is 0 Å². The fourth-order valence-corrected chi connectivity index (χ4v) is 4.16. The first-order valence-corrected chi connectivity index (χ1v) is 10.7. The lowest BCUT2D eigenvalue weighted by molar-refractivity contribution is 0.471. The summed E-state index contributed by atoms with van der Waals surface area (Å²) in [4.78, 5) is 1.82. The van der Waals surface area contributed by atoms with Crippen LogP contribution in [0.4, 0.5) is 5.69 Å². The molecular weight excluding hydrogens is 370 g/mol. The van der Waals surface area contributed by atoms with Crippen molar-refractivity contribution in [1.82, 2.24) is 0 Å². The van der Waals surface area contributed by atoms with Gasteiger partial charge in [-0.1, -0.05) is 6.08 Å². The Labute approximate surface area is 147 Å². The highest BCUT2D eigenvalue weighted by Gasteiger charge is 2.33. The maximum absolute atomic E-state index is 11.3.